The molecule has 0 spiro atoms. The van der Waals surface area contributed by atoms with E-state index in [4.69, 9.17) is 16.6 Å². The fourth-order valence-electron chi connectivity index (χ4n) is 2.44. The van der Waals surface area contributed by atoms with E-state index in [1.807, 2.05) is 48.3 Å². The van der Waals surface area contributed by atoms with Crippen LogP contribution in [0.4, 0.5) is 0 Å². The highest BCUT2D eigenvalue weighted by molar-refractivity contribution is 14.0. The van der Waals surface area contributed by atoms with E-state index >= 15 is 0 Å². The van der Waals surface area contributed by atoms with Crippen molar-refractivity contribution in [2.24, 2.45) is 10.9 Å². The number of hydrogen-bond acceptors (Lipinski definition) is 2. The van der Waals surface area contributed by atoms with E-state index in [0.29, 0.717) is 5.92 Å². The van der Waals surface area contributed by atoms with Gasteiger partial charge in [-0.3, -0.25) is 9.67 Å². The summed E-state index contributed by atoms with van der Waals surface area (Å²) < 4.78 is 1.95. The first-order chi connectivity index (χ1) is 11.6. The average molecular weight is 476 g/mol. The zero-order chi connectivity index (χ0) is 17.4. The smallest absolute Gasteiger partial charge is 0.193 e. The van der Waals surface area contributed by atoms with Crippen molar-refractivity contribution >= 4 is 41.5 Å². The summed E-state index contributed by atoms with van der Waals surface area (Å²) >= 11 is 5.95. The van der Waals surface area contributed by atoms with Gasteiger partial charge in [-0.2, -0.15) is 5.10 Å². The molecule has 1 N–H and O–H groups in total. The van der Waals surface area contributed by atoms with Crippen molar-refractivity contribution in [3.8, 4) is 0 Å². The Hall–Kier alpha value is -1.28. The third kappa shape index (κ3) is 7.64. The van der Waals surface area contributed by atoms with Crippen molar-refractivity contribution in [3.63, 3.8) is 0 Å². The lowest BCUT2D eigenvalue weighted by molar-refractivity contribution is 0.444. The number of halogens is 2. The maximum Gasteiger partial charge on any atom is 0.193 e. The van der Waals surface area contributed by atoms with Gasteiger partial charge in [-0.15, -0.1) is 24.0 Å². The van der Waals surface area contributed by atoms with Crippen molar-refractivity contribution in [1.29, 1.82) is 0 Å². The van der Waals surface area contributed by atoms with E-state index in [2.05, 4.69) is 29.2 Å². The molecule has 138 valence electrons. The Bertz CT molecular complexity index is 627. The number of aliphatic imine (C=N–C) groups is 1. The van der Waals surface area contributed by atoms with Crippen molar-refractivity contribution < 1.29 is 0 Å². The number of guanidine groups is 1. The predicted molar refractivity (Wildman–Crippen MR) is 116 cm³/mol. The molecule has 1 atom stereocenters. The van der Waals surface area contributed by atoms with Gasteiger partial charge in [0.25, 0.3) is 0 Å². The molecule has 1 aromatic heterocycles. The predicted octanol–water partition coefficient (Wildman–Crippen LogP) is 3.89. The van der Waals surface area contributed by atoms with Crippen molar-refractivity contribution in [2.45, 2.75) is 26.9 Å². The minimum Gasteiger partial charge on any atom is -0.357 e. The van der Waals surface area contributed by atoms with Gasteiger partial charge in [0.05, 0.1) is 0 Å². The zero-order valence-electron chi connectivity index (χ0n) is 15.0. The second-order valence-electron chi connectivity index (χ2n) is 6.01. The Kier molecular flexibility index (Phi) is 9.89. The lowest BCUT2D eigenvalue weighted by Gasteiger charge is -2.23. The molecule has 1 unspecified atom stereocenters. The Morgan fingerprint density at radius 2 is 2.08 bits per heavy atom. The van der Waals surface area contributed by atoms with Gasteiger partial charge in [0.1, 0.15) is 0 Å². The fraction of sp³-hybridized carbons (Fsp3) is 0.444. The maximum atomic E-state index is 5.95. The molecular weight excluding hydrogens is 449 g/mol. The fourth-order valence-corrected chi connectivity index (χ4v) is 2.56. The Morgan fingerprint density at radius 3 is 2.68 bits per heavy atom. The zero-order valence-corrected chi connectivity index (χ0v) is 18.1. The summed E-state index contributed by atoms with van der Waals surface area (Å²) in [6.45, 7) is 7.53. The van der Waals surface area contributed by atoms with E-state index in [0.717, 1.165) is 37.2 Å². The number of nitrogens with one attached hydrogen (secondary N) is 1. The molecular formula is C18H27ClIN5. The van der Waals surface area contributed by atoms with E-state index < -0.39 is 0 Å². The van der Waals surface area contributed by atoms with Crippen LogP contribution in [0, 0.1) is 5.92 Å². The summed E-state index contributed by atoms with van der Waals surface area (Å²) in [5.41, 5.74) is 1.21. The summed E-state index contributed by atoms with van der Waals surface area (Å²) in [4.78, 5) is 6.90. The van der Waals surface area contributed by atoms with Gasteiger partial charge < -0.3 is 10.2 Å². The molecule has 0 aliphatic carbocycles. The summed E-state index contributed by atoms with van der Waals surface area (Å²) in [5.74, 6) is 1.34. The van der Waals surface area contributed by atoms with Crippen LogP contribution in [0.1, 0.15) is 19.4 Å². The molecule has 0 bridgehead atoms. The van der Waals surface area contributed by atoms with Crippen LogP contribution in [0.5, 0.6) is 0 Å². The van der Waals surface area contributed by atoms with Gasteiger partial charge in [-0.05, 0) is 36.6 Å². The van der Waals surface area contributed by atoms with Crippen LogP contribution < -0.4 is 5.32 Å². The third-order valence-electron chi connectivity index (χ3n) is 3.64. The number of benzene rings is 1. The second kappa shape index (κ2) is 11.4. The monoisotopic (exact) mass is 475 g/mol. The molecule has 0 amide bonds. The van der Waals surface area contributed by atoms with E-state index in [-0.39, 0.29) is 24.0 Å². The maximum absolute atomic E-state index is 5.95. The largest absolute Gasteiger partial charge is 0.357 e. The molecule has 1 heterocycles. The number of nitrogens with zero attached hydrogens (tertiary/aromatic N) is 4. The average Bonchev–Trinajstić information content (AvgIpc) is 3.06. The lowest BCUT2D eigenvalue weighted by atomic mass is 10.2. The highest BCUT2D eigenvalue weighted by Crippen LogP contribution is 2.11. The molecule has 0 radical (unpaired) electrons. The summed E-state index contributed by atoms with van der Waals surface area (Å²) in [6, 6.07) is 9.87. The molecule has 25 heavy (non-hydrogen) atoms. The minimum atomic E-state index is 0. The van der Waals surface area contributed by atoms with Crippen molar-refractivity contribution in [3.05, 3.63) is 53.3 Å². The standard InChI is InChI=1S/C18H26ClN5.HI/c1-4-20-18(21-12-15(2)13-24-11-5-10-22-24)23(3)14-16-6-8-17(19)9-7-16;/h5-11,15H,4,12-14H2,1-3H3,(H,20,21);1H. The van der Waals surface area contributed by atoms with Crippen LogP contribution in [0.25, 0.3) is 0 Å². The van der Waals surface area contributed by atoms with Gasteiger partial charge in [0, 0.05) is 50.6 Å². The molecule has 0 fully saturated rings. The molecule has 7 heteroatoms. The van der Waals surface area contributed by atoms with E-state index in [1.54, 1.807) is 6.20 Å². The molecule has 0 aliphatic heterocycles. The Balaban J connectivity index is 0.00000312. The SMILES string of the molecule is CCNC(=NCC(C)Cn1cccn1)N(C)Cc1ccc(Cl)cc1.I. The van der Waals surface area contributed by atoms with Gasteiger partial charge in [0.2, 0.25) is 0 Å². The topological polar surface area (TPSA) is 45.5 Å². The first-order valence-corrected chi connectivity index (χ1v) is 8.67. The minimum absolute atomic E-state index is 0. The molecule has 2 rings (SSSR count). The lowest BCUT2D eigenvalue weighted by Crippen LogP contribution is -2.38. The quantitative estimate of drug-likeness (QED) is 0.375. The second-order valence-corrected chi connectivity index (χ2v) is 6.45. The van der Waals surface area contributed by atoms with Gasteiger partial charge >= 0.3 is 0 Å². The summed E-state index contributed by atoms with van der Waals surface area (Å²) in [5, 5.41) is 8.36. The van der Waals surface area contributed by atoms with Crippen LogP contribution in [0.15, 0.2) is 47.7 Å². The van der Waals surface area contributed by atoms with Crippen molar-refractivity contribution in [1.82, 2.24) is 20.0 Å². The third-order valence-corrected chi connectivity index (χ3v) is 3.89. The number of hydrogen-bond donors (Lipinski definition) is 1. The van der Waals surface area contributed by atoms with Crippen LogP contribution in [-0.2, 0) is 13.1 Å². The van der Waals surface area contributed by atoms with Crippen LogP contribution in [0.3, 0.4) is 0 Å². The molecule has 1 aromatic carbocycles. The van der Waals surface area contributed by atoms with Gasteiger partial charge in [0.15, 0.2) is 5.96 Å². The van der Waals surface area contributed by atoms with Gasteiger partial charge in [-0.1, -0.05) is 30.7 Å². The van der Waals surface area contributed by atoms with E-state index in [9.17, 15) is 0 Å². The van der Waals surface area contributed by atoms with Crippen molar-refractivity contribution in [2.75, 3.05) is 20.1 Å². The number of aromatic nitrogens is 2. The summed E-state index contributed by atoms with van der Waals surface area (Å²) in [7, 11) is 2.05. The van der Waals surface area contributed by atoms with Crippen LogP contribution >= 0.6 is 35.6 Å². The molecule has 2 aromatic rings. The van der Waals surface area contributed by atoms with Crippen LogP contribution in [0.2, 0.25) is 5.02 Å². The first kappa shape index (κ1) is 21.8. The Morgan fingerprint density at radius 1 is 1.36 bits per heavy atom. The molecule has 0 saturated carbocycles. The van der Waals surface area contributed by atoms with Crippen LogP contribution in [-0.4, -0.2) is 40.8 Å². The Labute approximate surface area is 172 Å². The normalized spacial score (nSPS) is 12.4. The molecule has 0 aliphatic rings. The van der Waals surface area contributed by atoms with Gasteiger partial charge in [-0.25, -0.2) is 0 Å². The first-order valence-electron chi connectivity index (χ1n) is 8.29. The molecule has 0 saturated heterocycles. The highest BCUT2D eigenvalue weighted by Gasteiger charge is 2.08. The summed E-state index contributed by atoms with van der Waals surface area (Å²) in [6.07, 6.45) is 3.79. The molecule has 5 nitrogen and oxygen atoms in total. The number of rotatable bonds is 7. The van der Waals surface area contributed by atoms with E-state index in [1.165, 1.54) is 5.56 Å². The highest BCUT2D eigenvalue weighted by atomic mass is 127.